The van der Waals surface area contributed by atoms with Gasteiger partial charge >= 0.3 is 24.3 Å². The number of hydrogen-bond acceptors (Lipinski definition) is 5. The van der Waals surface area contributed by atoms with E-state index in [0.717, 1.165) is 17.5 Å². The van der Waals surface area contributed by atoms with Gasteiger partial charge in [-0.25, -0.2) is 9.59 Å². The van der Waals surface area contributed by atoms with E-state index in [1.165, 1.54) is 37.4 Å². The molecule has 7 nitrogen and oxygen atoms in total. The topological polar surface area (TPSA) is 103 Å². The number of carbonyl (C=O) groups is 2. The molecule has 0 spiro atoms. The average Bonchev–Trinajstić information content (AvgIpc) is 3.36. The van der Waals surface area contributed by atoms with Crippen LogP contribution in [0.1, 0.15) is 0 Å². The first-order valence-electron chi connectivity index (χ1n) is 9.86. The maximum atomic E-state index is 10.6. The van der Waals surface area contributed by atoms with Crippen LogP contribution in [0.4, 0.5) is 32.0 Å². The fourth-order valence-electron chi connectivity index (χ4n) is 3.42. The average molecular weight is 493 g/mol. The molecule has 4 rings (SSSR count). The minimum atomic E-state index is -5.08. The summed E-state index contributed by atoms with van der Waals surface area (Å²) in [5.74, 6) is -3.87. The van der Waals surface area contributed by atoms with Crippen molar-refractivity contribution < 1.29 is 46.1 Å². The normalized spacial score (nSPS) is 19.3. The van der Waals surface area contributed by atoms with Gasteiger partial charge in [-0.3, -0.25) is 4.98 Å². The molecule has 2 aliphatic rings. The molecule has 0 bridgehead atoms. The van der Waals surface area contributed by atoms with E-state index >= 15 is 0 Å². The molecule has 1 aromatic carbocycles. The van der Waals surface area contributed by atoms with E-state index in [9.17, 15) is 26.3 Å². The summed E-state index contributed by atoms with van der Waals surface area (Å²) in [5, 5.41) is 17.7. The molecule has 2 aromatic rings. The van der Waals surface area contributed by atoms with Crippen molar-refractivity contribution in [3.63, 3.8) is 0 Å². The smallest absolute Gasteiger partial charge is 0.475 e. The number of aromatic nitrogens is 1. The number of hydrogen-bond donors (Lipinski definition) is 3. The molecular weight excluding hydrogens is 472 g/mol. The van der Waals surface area contributed by atoms with E-state index in [1.54, 1.807) is 0 Å². The van der Waals surface area contributed by atoms with Gasteiger partial charge in [0.15, 0.2) is 0 Å². The third-order valence-corrected chi connectivity index (χ3v) is 5.06. The Morgan fingerprint density at radius 3 is 1.71 bits per heavy atom. The number of carboxylic acids is 2. The number of carboxylic acid groups (broad SMARTS) is 2. The van der Waals surface area contributed by atoms with Gasteiger partial charge in [-0.05, 0) is 24.0 Å². The minimum Gasteiger partial charge on any atom is -0.475 e. The molecule has 2 saturated heterocycles. The first-order chi connectivity index (χ1) is 15.8. The van der Waals surface area contributed by atoms with Gasteiger partial charge in [0.25, 0.3) is 0 Å². The summed E-state index contributed by atoms with van der Waals surface area (Å²) in [7, 11) is 0. The van der Waals surface area contributed by atoms with Gasteiger partial charge in [-0.2, -0.15) is 26.3 Å². The number of nitrogens with zero attached hydrogens (tertiary/aromatic N) is 2. The van der Waals surface area contributed by atoms with Crippen LogP contribution in [0.2, 0.25) is 0 Å². The van der Waals surface area contributed by atoms with Crippen molar-refractivity contribution in [2.24, 2.45) is 11.8 Å². The second-order valence-electron chi connectivity index (χ2n) is 7.46. The van der Waals surface area contributed by atoms with E-state index in [2.05, 4.69) is 51.6 Å². The van der Waals surface area contributed by atoms with E-state index in [4.69, 9.17) is 19.8 Å². The minimum absolute atomic E-state index is 0.823. The summed E-state index contributed by atoms with van der Waals surface area (Å²) < 4.78 is 63.5. The van der Waals surface area contributed by atoms with Crippen molar-refractivity contribution in [3.05, 3.63) is 48.7 Å². The zero-order valence-corrected chi connectivity index (χ0v) is 17.5. The number of anilines is 1. The highest BCUT2D eigenvalue weighted by molar-refractivity contribution is 5.73. The molecule has 0 amide bonds. The molecule has 1 aromatic heterocycles. The zero-order chi connectivity index (χ0) is 25.5. The van der Waals surface area contributed by atoms with Crippen LogP contribution < -0.4 is 10.2 Å². The molecule has 2 aliphatic heterocycles. The summed E-state index contributed by atoms with van der Waals surface area (Å²) in [5.41, 5.74) is 3.50. The Morgan fingerprint density at radius 2 is 1.32 bits per heavy atom. The lowest BCUT2D eigenvalue weighted by Gasteiger charge is -2.19. The highest BCUT2D eigenvalue weighted by Crippen LogP contribution is 2.30. The van der Waals surface area contributed by atoms with Crippen LogP contribution in [0.3, 0.4) is 0 Å². The Morgan fingerprint density at radius 1 is 0.853 bits per heavy atom. The maximum absolute atomic E-state index is 10.6. The SMILES string of the molecule is O=C(O)C(F)(F)F.O=C(O)C(F)(F)F.c1ccc(-c2ccc(N3C[C@H]4CNC[C@H]4C3)cn2)cc1. The Balaban J connectivity index is 0.000000244. The largest absolute Gasteiger partial charge is 0.490 e. The van der Waals surface area contributed by atoms with Crippen LogP contribution in [0.15, 0.2) is 48.7 Å². The van der Waals surface area contributed by atoms with Crippen molar-refractivity contribution in [1.29, 1.82) is 0 Å². The fraction of sp³-hybridized carbons (Fsp3) is 0.381. The molecule has 3 heterocycles. The lowest BCUT2D eigenvalue weighted by Crippen LogP contribution is -2.25. The highest BCUT2D eigenvalue weighted by Gasteiger charge is 2.39. The number of aliphatic carboxylic acids is 2. The molecule has 2 fully saturated rings. The van der Waals surface area contributed by atoms with Crippen LogP contribution in [0, 0.1) is 11.8 Å². The lowest BCUT2D eigenvalue weighted by molar-refractivity contribution is -0.193. The summed E-state index contributed by atoms with van der Waals surface area (Å²) >= 11 is 0. The van der Waals surface area contributed by atoms with Gasteiger partial charge < -0.3 is 20.4 Å². The first kappa shape index (κ1) is 26.9. The number of benzene rings is 1. The molecule has 13 heteroatoms. The van der Waals surface area contributed by atoms with Crippen molar-refractivity contribution in [2.45, 2.75) is 12.4 Å². The summed E-state index contributed by atoms with van der Waals surface area (Å²) in [6, 6.07) is 14.7. The second-order valence-corrected chi connectivity index (χ2v) is 7.46. The highest BCUT2D eigenvalue weighted by atomic mass is 19.4. The summed E-state index contributed by atoms with van der Waals surface area (Å²) in [4.78, 5) is 24.9. The van der Waals surface area contributed by atoms with Gasteiger partial charge in [0.1, 0.15) is 0 Å². The molecule has 0 radical (unpaired) electrons. The molecular formula is C21H21F6N3O4. The molecule has 3 N–H and O–H groups in total. The standard InChI is InChI=1S/C17H19N3.2C2HF3O2/c1-2-4-13(5-3-1)17-7-6-16(10-19-17)20-11-14-8-18-9-15(14)12-20;2*3-2(4,5)1(6)7/h1-7,10,14-15,18H,8-9,11-12H2;2*(H,6,7)/t14-,15+;;. The Kier molecular flexibility index (Phi) is 8.85. The second kappa shape index (κ2) is 11.2. The zero-order valence-electron chi connectivity index (χ0n) is 17.5. The van der Waals surface area contributed by atoms with Crippen LogP contribution in [0.5, 0.6) is 0 Å². The Bertz CT molecular complexity index is 916. The predicted octanol–water partition coefficient (Wildman–Crippen LogP) is 3.67. The van der Waals surface area contributed by atoms with Gasteiger partial charge in [0.2, 0.25) is 0 Å². The van der Waals surface area contributed by atoms with Gasteiger partial charge in [0, 0.05) is 31.7 Å². The number of rotatable bonds is 2. The lowest BCUT2D eigenvalue weighted by atomic mass is 10.0. The predicted molar refractivity (Wildman–Crippen MR) is 109 cm³/mol. The van der Waals surface area contributed by atoms with Crippen LogP contribution in [-0.2, 0) is 9.59 Å². The number of pyridine rings is 1. The molecule has 0 saturated carbocycles. The molecule has 0 unspecified atom stereocenters. The Hall–Kier alpha value is -3.35. The third-order valence-electron chi connectivity index (χ3n) is 5.06. The van der Waals surface area contributed by atoms with Crippen molar-refractivity contribution in [2.75, 3.05) is 31.1 Å². The molecule has 34 heavy (non-hydrogen) atoms. The number of fused-ring (bicyclic) bond motifs is 1. The number of nitrogens with one attached hydrogen (secondary N) is 1. The van der Waals surface area contributed by atoms with Crippen LogP contribution in [-0.4, -0.2) is 65.7 Å². The van der Waals surface area contributed by atoms with E-state index in [-0.39, 0.29) is 0 Å². The maximum Gasteiger partial charge on any atom is 0.490 e. The van der Waals surface area contributed by atoms with Crippen molar-refractivity contribution in [3.8, 4) is 11.3 Å². The molecule has 186 valence electrons. The van der Waals surface area contributed by atoms with E-state index in [1.807, 2.05) is 12.3 Å². The third kappa shape index (κ3) is 7.90. The van der Waals surface area contributed by atoms with Crippen LogP contribution in [0.25, 0.3) is 11.3 Å². The van der Waals surface area contributed by atoms with Gasteiger partial charge in [-0.15, -0.1) is 0 Å². The van der Waals surface area contributed by atoms with Gasteiger partial charge in [-0.1, -0.05) is 30.3 Å². The first-order valence-corrected chi connectivity index (χ1v) is 9.86. The number of halogens is 6. The van der Waals surface area contributed by atoms with Gasteiger partial charge in [0.05, 0.1) is 17.6 Å². The Labute approximate surface area is 190 Å². The monoisotopic (exact) mass is 493 g/mol. The summed E-state index contributed by atoms with van der Waals surface area (Å²) in [6.07, 6.45) is -8.14. The van der Waals surface area contributed by atoms with Crippen molar-refractivity contribution >= 4 is 17.6 Å². The van der Waals surface area contributed by atoms with E-state index < -0.39 is 24.3 Å². The molecule has 2 atom stereocenters. The fourth-order valence-corrected chi connectivity index (χ4v) is 3.42. The van der Waals surface area contributed by atoms with Crippen LogP contribution >= 0.6 is 0 Å². The van der Waals surface area contributed by atoms with Crippen molar-refractivity contribution in [1.82, 2.24) is 10.3 Å². The number of alkyl halides is 6. The quantitative estimate of drug-likeness (QED) is 0.549. The molecule has 0 aliphatic carbocycles. The van der Waals surface area contributed by atoms with E-state index in [0.29, 0.717) is 0 Å². The summed E-state index contributed by atoms with van der Waals surface area (Å²) in [6.45, 7) is 4.70.